The first-order valence-electron chi connectivity index (χ1n) is 14.0. The van der Waals surface area contributed by atoms with E-state index in [9.17, 15) is 4.79 Å². The second-order valence-corrected chi connectivity index (χ2v) is 11.1. The van der Waals surface area contributed by atoms with Crippen LogP contribution in [0.3, 0.4) is 0 Å². The summed E-state index contributed by atoms with van der Waals surface area (Å²) in [5.41, 5.74) is 2.86. The fourth-order valence-corrected chi connectivity index (χ4v) is 5.62. The summed E-state index contributed by atoms with van der Waals surface area (Å²) in [6.07, 6.45) is 6.52. The Morgan fingerprint density at radius 2 is 1.66 bits per heavy atom. The average Bonchev–Trinajstić information content (AvgIpc) is 2.95. The van der Waals surface area contributed by atoms with Gasteiger partial charge in [0, 0.05) is 24.4 Å². The van der Waals surface area contributed by atoms with Crippen LogP contribution in [0.2, 0.25) is 0 Å². The van der Waals surface area contributed by atoms with Crippen LogP contribution in [0.5, 0.6) is 5.75 Å². The van der Waals surface area contributed by atoms with Crippen molar-refractivity contribution < 1.29 is 19.0 Å². The highest BCUT2D eigenvalue weighted by Gasteiger charge is 2.47. The molecule has 0 spiro atoms. The van der Waals surface area contributed by atoms with Crippen molar-refractivity contribution in [1.82, 2.24) is 0 Å². The molecule has 0 bridgehead atoms. The van der Waals surface area contributed by atoms with E-state index in [1.54, 1.807) is 12.1 Å². The summed E-state index contributed by atoms with van der Waals surface area (Å²) in [6.45, 7) is 5.29. The largest absolute Gasteiger partial charge is 0.483 e. The molecule has 1 saturated carbocycles. The zero-order chi connectivity index (χ0) is 26.4. The third-order valence-electron chi connectivity index (χ3n) is 7.78. The van der Waals surface area contributed by atoms with Crippen molar-refractivity contribution in [1.29, 1.82) is 0 Å². The number of ether oxygens (including phenoxy) is 3. The van der Waals surface area contributed by atoms with Crippen LogP contribution in [0.4, 0.5) is 5.69 Å². The Hall–Kier alpha value is -3.31. The van der Waals surface area contributed by atoms with Gasteiger partial charge in [0.25, 0.3) is 0 Å². The van der Waals surface area contributed by atoms with Crippen molar-refractivity contribution in [3.63, 3.8) is 0 Å². The molecular weight excluding hydrogens is 474 g/mol. The van der Waals surface area contributed by atoms with Crippen LogP contribution in [0.25, 0.3) is 0 Å². The molecule has 200 valence electrons. The van der Waals surface area contributed by atoms with Crippen LogP contribution >= 0.6 is 0 Å². The molecule has 2 atom stereocenters. The molecule has 0 amide bonds. The summed E-state index contributed by atoms with van der Waals surface area (Å²) in [5, 5.41) is 3.52. The van der Waals surface area contributed by atoms with Crippen molar-refractivity contribution in [2.45, 2.75) is 76.7 Å². The minimum atomic E-state index is -0.758. The molecule has 1 heterocycles. The van der Waals surface area contributed by atoms with E-state index in [0.717, 1.165) is 23.4 Å². The number of anilines is 1. The number of hydrogen-bond donors (Lipinski definition) is 1. The summed E-state index contributed by atoms with van der Waals surface area (Å²) in [4.78, 5) is 13.2. The molecule has 5 rings (SSSR count). The highest BCUT2D eigenvalue weighted by molar-refractivity contribution is 5.89. The van der Waals surface area contributed by atoms with Crippen LogP contribution in [0.15, 0.2) is 78.9 Å². The van der Waals surface area contributed by atoms with Crippen LogP contribution in [-0.4, -0.2) is 24.3 Å². The number of carbonyl (C=O) groups is 1. The normalized spacial score (nSPS) is 20.7. The number of rotatable bonds is 9. The lowest BCUT2D eigenvalue weighted by atomic mass is 9.86. The smallest absolute Gasteiger partial charge is 0.338 e. The third-order valence-corrected chi connectivity index (χ3v) is 7.78. The maximum Gasteiger partial charge on any atom is 0.338 e. The van der Waals surface area contributed by atoms with Crippen molar-refractivity contribution in [2.24, 2.45) is 5.92 Å². The van der Waals surface area contributed by atoms with Gasteiger partial charge in [0.1, 0.15) is 17.5 Å². The summed E-state index contributed by atoms with van der Waals surface area (Å²) in [7, 11) is 0. The van der Waals surface area contributed by atoms with Crippen molar-refractivity contribution in [3.8, 4) is 5.75 Å². The Morgan fingerprint density at radius 3 is 2.39 bits per heavy atom. The first-order valence-corrected chi connectivity index (χ1v) is 14.0. The Bertz CT molecular complexity index is 1190. The molecule has 1 aliphatic carbocycles. The fraction of sp³-hybridized carbons (Fsp3) is 0.424. The lowest BCUT2D eigenvalue weighted by Gasteiger charge is -2.44. The summed E-state index contributed by atoms with van der Waals surface area (Å²) in [6, 6.07) is 25.6. The van der Waals surface area contributed by atoms with E-state index in [4.69, 9.17) is 14.2 Å². The second kappa shape index (κ2) is 12.0. The molecule has 2 aliphatic rings. The molecule has 1 aliphatic heterocycles. The van der Waals surface area contributed by atoms with E-state index in [0.29, 0.717) is 24.6 Å². The topological polar surface area (TPSA) is 56.8 Å². The molecule has 3 aromatic carbocycles. The molecule has 0 radical (unpaired) electrons. The lowest BCUT2D eigenvalue weighted by molar-refractivity contribution is -0.141. The van der Waals surface area contributed by atoms with Gasteiger partial charge in [-0.2, -0.15) is 0 Å². The van der Waals surface area contributed by atoms with Crippen molar-refractivity contribution in [2.75, 3.05) is 11.9 Å². The number of fused-ring (bicyclic) bond motifs is 1. The molecule has 1 N–H and O–H groups in total. The van der Waals surface area contributed by atoms with E-state index in [1.165, 1.54) is 37.7 Å². The van der Waals surface area contributed by atoms with Gasteiger partial charge in [0.2, 0.25) is 0 Å². The molecule has 2 unspecified atom stereocenters. The molecule has 3 aromatic rings. The minimum Gasteiger partial charge on any atom is -0.483 e. The van der Waals surface area contributed by atoms with Crippen LogP contribution < -0.4 is 10.1 Å². The number of esters is 1. The van der Waals surface area contributed by atoms with Crippen LogP contribution in [-0.2, 0) is 16.0 Å². The predicted octanol–water partition coefficient (Wildman–Crippen LogP) is 7.72. The first kappa shape index (κ1) is 26.3. The molecule has 0 aromatic heterocycles. The van der Waals surface area contributed by atoms with E-state index < -0.39 is 17.8 Å². The standard InChI is InChI=1S/C33H39NO4/c1-33(2)31(37-32(35)26-16-10-5-11-17-26)30(36-21-20-24-12-6-3-7-13-24)28-22-27(18-19-29(28)38-33)34-23-25-14-8-4-9-15-25/h4-5,8-11,14-19,22,24,30-31,34H,3,6-7,12-13,20-21,23H2,1-2H3. The quantitative estimate of drug-likeness (QED) is 0.297. The summed E-state index contributed by atoms with van der Waals surface area (Å²) in [5.74, 6) is 1.12. The second-order valence-electron chi connectivity index (χ2n) is 11.1. The Labute approximate surface area is 226 Å². The van der Waals surface area contributed by atoms with Gasteiger partial charge < -0.3 is 19.5 Å². The summed E-state index contributed by atoms with van der Waals surface area (Å²) < 4.78 is 19.2. The molecule has 5 nitrogen and oxygen atoms in total. The number of hydrogen-bond acceptors (Lipinski definition) is 5. The molecule has 38 heavy (non-hydrogen) atoms. The third kappa shape index (κ3) is 6.39. The number of benzene rings is 3. The van der Waals surface area contributed by atoms with Gasteiger partial charge in [0.15, 0.2) is 6.10 Å². The molecular formula is C33H39NO4. The van der Waals surface area contributed by atoms with Gasteiger partial charge in [-0.15, -0.1) is 0 Å². The van der Waals surface area contributed by atoms with E-state index in [2.05, 4.69) is 23.5 Å². The van der Waals surface area contributed by atoms with Gasteiger partial charge in [-0.3, -0.25) is 0 Å². The average molecular weight is 514 g/mol. The molecule has 1 fully saturated rings. The van der Waals surface area contributed by atoms with Crippen LogP contribution in [0.1, 0.15) is 80.0 Å². The number of carbonyl (C=O) groups excluding carboxylic acids is 1. The lowest BCUT2D eigenvalue weighted by Crippen LogP contribution is -2.51. The molecule has 5 heteroatoms. The highest BCUT2D eigenvalue weighted by atomic mass is 16.6. The fourth-order valence-electron chi connectivity index (χ4n) is 5.62. The maximum atomic E-state index is 13.2. The highest BCUT2D eigenvalue weighted by Crippen LogP contribution is 2.45. The van der Waals surface area contributed by atoms with Crippen LogP contribution in [0, 0.1) is 5.92 Å². The monoisotopic (exact) mass is 513 g/mol. The van der Waals surface area contributed by atoms with Crippen molar-refractivity contribution >= 4 is 11.7 Å². The predicted molar refractivity (Wildman–Crippen MR) is 150 cm³/mol. The molecule has 0 saturated heterocycles. The van der Waals surface area contributed by atoms with E-state index in [-0.39, 0.29) is 5.97 Å². The van der Waals surface area contributed by atoms with E-state index >= 15 is 0 Å². The Balaban J connectivity index is 1.39. The van der Waals surface area contributed by atoms with Crippen molar-refractivity contribution in [3.05, 3.63) is 95.6 Å². The van der Waals surface area contributed by atoms with Gasteiger partial charge >= 0.3 is 5.97 Å². The van der Waals surface area contributed by atoms with Gasteiger partial charge in [-0.1, -0.05) is 80.6 Å². The van der Waals surface area contributed by atoms with Gasteiger partial charge in [0.05, 0.1) is 5.56 Å². The Kier molecular flexibility index (Phi) is 8.33. The van der Waals surface area contributed by atoms with Gasteiger partial charge in [-0.05, 0) is 62.1 Å². The van der Waals surface area contributed by atoms with E-state index in [1.807, 2.05) is 62.4 Å². The Morgan fingerprint density at radius 1 is 0.947 bits per heavy atom. The zero-order valence-corrected chi connectivity index (χ0v) is 22.5. The zero-order valence-electron chi connectivity index (χ0n) is 22.5. The maximum absolute atomic E-state index is 13.2. The van der Waals surface area contributed by atoms with Gasteiger partial charge in [-0.25, -0.2) is 4.79 Å². The summed E-state index contributed by atoms with van der Waals surface area (Å²) >= 11 is 0. The minimum absolute atomic E-state index is 0.366. The number of nitrogens with one attached hydrogen (secondary N) is 1. The first-order chi connectivity index (χ1) is 18.5. The SMILES string of the molecule is CC1(C)Oc2ccc(NCc3ccccc3)cc2C(OCCC2CCCCC2)C1OC(=O)c1ccccc1.